The van der Waals surface area contributed by atoms with Gasteiger partial charge in [0.1, 0.15) is 0 Å². The van der Waals surface area contributed by atoms with Crippen molar-refractivity contribution in [3.63, 3.8) is 0 Å². The molecule has 0 bridgehead atoms. The number of rotatable bonds is 4. The highest BCUT2D eigenvalue weighted by molar-refractivity contribution is 5.71. The molecule has 21 heavy (non-hydrogen) atoms. The molecule has 1 rings (SSSR count). The molecule has 0 saturated carbocycles. The molecule has 2 amide bonds. The molecule has 0 N–H and O–H groups in total. The number of carbonyl (C=O) groups excluding carboxylic acids is 1. The Labute approximate surface area is 113 Å². The topological polar surface area (TPSA) is 203 Å². The van der Waals surface area contributed by atoms with Crippen molar-refractivity contribution >= 4 is 6.03 Å². The van der Waals surface area contributed by atoms with E-state index >= 15 is 0 Å². The van der Waals surface area contributed by atoms with Crippen LogP contribution in [0.1, 0.15) is 0 Å². The lowest BCUT2D eigenvalue weighted by Crippen LogP contribution is -2.61. The van der Waals surface area contributed by atoms with E-state index in [2.05, 4.69) is 0 Å². The Bertz CT molecular complexity index is 464. The lowest BCUT2D eigenvalue weighted by atomic mass is 10.7. The largest absolute Gasteiger partial charge is 0.439 e. The van der Waals surface area contributed by atoms with Crippen LogP contribution in [-0.4, -0.2) is 66.2 Å². The minimum absolute atomic E-state index is 0.0131. The summed E-state index contributed by atoms with van der Waals surface area (Å²) in [4.78, 5) is 54.2. The van der Waals surface area contributed by atoms with E-state index < -0.39 is 56.2 Å². The van der Waals surface area contributed by atoms with Crippen LogP contribution in [0.3, 0.4) is 0 Å². The van der Waals surface area contributed by atoms with Crippen molar-refractivity contribution in [1.82, 2.24) is 20.0 Å². The molecule has 0 spiro atoms. The van der Waals surface area contributed by atoms with Crippen molar-refractivity contribution in [3.8, 4) is 0 Å². The van der Waals surface area contributed by atoms with Crippen molar-refractivity contribution in [3.05, 3.63) is 40.5 Å². The number of hydrogen-bond acceptors (Lipinski definition) is 9. The van der Waals surface area contributed by atoms with Crippen LogP contribution in [-0.2, 0) is 0 Å². The van der Waals surface area contributed by atoms with Gasteiger partial charge in [-0.3, -0.25) is 0 Å². The molecule has 0 unspecified atom stereocenters. The maximum atomic E-state index is 11.6. The van der Waals surface area contributed by atoms with Crippen LogP contribution in [0.25, 0.3) is 0 Å². The number of nitro groups is 4. The number of carbonyl (C=O) groups is 1. The van der Waals surface area contributed by atoms with Gasteiger partial charge in [0, 0.05) is 0 Å². The molecule has 0 aromatic rings. The van der Waals surface area contributed by atoms with E-state index in [4.69, 9.17) is 0 Å². The summed E-state index contributed by atoms with van der Waals surface area (Å²) in [6.07, 6.45) is 0. The Kier molecular flexibility index (Phi) is 4.16. The average Bonchev–Trinajstić information content (AvgIpc) is 2.32. The van der Waals surface area contributed by atoms with Crippen molar-refractivity contribution in [1.29, 1.82) is 0 Å². The molecule has 116 valence electrons. The van der Waals surface area contributed by atoms with Gasteiger partial charge in [-0.05, 0) is 10.0 Å². The van der Waals surface area contributed by atoms with Gasteiger partial charge in [0.05, 0.1) is 0 Å². The van der Waals surface area contributed by atoms with Gasteiger partial charge < -0.3 is 0 Å². The SMILES string of the molecule is O=C1N([N+](=O)[O-])CN([N+](=O)[O-])CN([N+](=O)[O-])CN1[N+](=O)[O-]. The van der Waals surface area contributed by atoms with Crippen LogP contribution in [0.5, 0.6) is 0 Å². The quantitative estimate of drug-likeness (QED) is 0.408. The van der Waals surface area contributed by atoms with Crippen LogP contribution in [0.2, 0.25) is 0 Å². The highest BCUT2D eigenvalue weighted by Crippen LogP contribution is 2.09. The summed E-state index contributed by atoms with van der Waals surface area (Å²) in [5.74, 6) is 0. The van der Waals surface area contributed by atoms with Crippen molar-refractivity contribution < 1.29 is 24.9 Å². The van der Waals surface area contributed by atoms with Crippen molar-refractivity contribution in [2.45, 2.75) is 0 Å². The molecule has 1 aliphatic heterocycles. The molecular formula is C4H6N8O9. The fourth-order valence-electron chi connectivity index (χ4n) is 1.29. The van der Waals surface area contributed by atoms with Gasteiger partial charge >= 0.3 is 6.03 Å². The fraction of sp³-hybridized carbons (Fsp3) is 0.750. The first-order valence-electron chi connectivity index (χ1n) is 4.81. The van der Waals surface area contributed by atoms with E-state index in [-0.39, 0.29) is 10.0 Å². The van der Waals surface area contributed by atoms with Crippen LogP contribution < -0.4 is 0 Å². The lowest BCUT2D eigenvalue weighted by Gasteiger charge is -2.26. The predicted molar refractivity (Wildman–Crippen MR) is 55.3 cm³/mol. The molecule has 1 saturated heterocycles. The second-order valence-corrected chi connectivity index (χ2v) is 3.47. The summed E-state index contributed by atoms with van der Waals surface area (Å²) < 4.78 is 0. The fourth-order valence-corrected chi connectivity index (χ4v) is 1.29. The third-order valence-electron chi connectivity index (χ3n) is 2.22. The van der Waals surface area contributed by atoms with Crippen molar-refractivity contribution in [2.75, 3.05) is 20.0 Å². The minimum Gasteiger partial charge on any atom is -0.236 e. The summed E-state index contributed by atoms with van der Waals surface area (Å²) in [7, 11) is 0. The molecule has 17 nitrogen and oxygen atoms in total. The van der Waals surface area contributed by atoms with E-state index in [0.717, 1.165) is 0 Å². The van der Waals surface area contributed by atoms with Crippen LogP contribution in [0, 0.1) is 40.5 Å². The zero-order chi connectivity index (χ0) is 16.3. The molecule has 0 aromatic heterocycles. The zero-order valence-corrected chi connectivity index (χ0v) is 9.87. The summed E-state index contributed by atoms with van der Waals surface area (Å²) in [6, 6.07) is -1.86. The lowest BCUT2D eigenvalue weighted by molar-refractivity contribution is -0.754. The van der Waals surface area contributed by atoms with Gasteiger partial charge in [0.2, 0.25) is 20.0 Å². The van der Waals surface area contributed by atoms with Gasteiger partial charge in [0.25, 0.3) is 0 Å². The molecule has 1 heterocycles. The number of hydrogen-bond donors (Lipinski definition) is 0. The van der Waals surface area contributed by atoms with Crippen LogP contribution in [0.15, 0.2) is 0 Å². The predicted octanol–water partition coefficient (Wildman–Crippen LogP) is -2.03. The van der Waals surface area contributed by atoms with Gasteiger partial charge in [0.15, 0.2) is 20.1 Å². The molecule has 1 aliphatic rings. The van der Waals surface area contributed by atoms with E-state index in [0.29, 0.717) is 0 Å². The average molecular weight is 310 g/mol. The molecule has 0 aromatic carbocycles. The Morgan fingerprint density at radius 1 is 0.667 bits per heavy atom. The molecule has 1 fully saturated rings. The minimum atomic E-state index is -1.86. The monoisotopic (exact) mass is 310 g/mol. The van der Waals surface area contributed by atoms with Crippen LogP contribution >= 0.6 is 0 Å². The van der Waals surface area contributed by atoms with Crippen LogP contribution in [0.4, 0.5) is 4.79 Å². The van der Waals surface area contributed by atoms with Crippen molar-refractivity contribution in [2.24, 2.45) is 0 Å². The van der Waals surface area contributed by atoms with E-state index in [1.807, 2.05) is 0 Å². The molecule has 0 aliphatic carbocycles. The number of amides is 2. The summed E-state index contributed by atoms with van der Waals surface area (Å²) in [5.41, 5.74) is 0. The maximum Gasteiger partial charge on any atom is 0.439 e. The Morgan fingerprint density at radius 2 is 1.00 bits per heavy atom. The second-order valence-electron chi connectivity index (χ2n) is 3.47. The second kappa shape index (κ2) is 5.63. The molecular weight excluding hydrogens is 304 g/mol. The maximum absolute atomic E-state index is 11.6. The van der Waals surface area contributed by atoms with Gasteiger partial charge in [-0.15, -0.1) is 0 Å². The first kappa shape index (κ1) is 15.5. The zero-order valence-electron chi connectivity index (χ0n) is 9.87. The molecule has 0 radical (unpaired) electrons. The highest BCUT2D eigenvalue weighted by atomic mass is 16.7. The summed E-state index contributed by atoms with van der Waals surface area (Å²) in [5, 5.41) is 36.6. The van der Waals surface area contributed by atoms with Gasteiger partial charge in [-0.1, -0.05) is 10.0 Å². The van der Waals surface area contributed by atoms with E-state index in [1.165, 1.54) is 0 Å². The number of nitrogens with zero attached hydrogens (tertiary/aromatic N) is 8. The smallest absolute Gasteiger partial charge is 0.236 e. The Balaban J connectivity index is 3.20. The number of hydrazine groups is 4. The molecule has 0 atom stereocenters. The Morgan fingerprint density at radius 3 is 1.24 bits per heavy atom. The summed E-state index contributed by atoms with van der Waals surface area (Å²) in [6.45, 7) is -3.73. The van der Waals surface area contributed by atoms with E-state index in [1.54, 1.807) is 0 Å². The third kappa shape index (κ3) is 3.27. The first-order valence-corrected chi connectivity index (χ1v) is 4.81. The highest BCUT2D eigenvalue weighted by Gasteiger charge is 2.46. The standard InChI is InChI=1S/C4H6N8O9/c13-4-7(11(18)19)2-5(9(14)15)1-6(10(16)17)3-8(4)12(20)21/h1-3H2. The molecule has 17 heteroatoms. The third-order valence-corrected chi connectivity index (χ3v) is 2.22. The van der Waals surface area contributed by atoms with E-state index in [9.17, 15) is 45.3 Å². The van der Waals surface area contributed by atoms with Gasteiger partial charge in [-0.2, -0.15) is 0 Å². The first-order chi connectivity index (χ1) is 9.65. The van der Waals surface area contributed by atoms with Gasteiger partial charge in [-0.25, -0.2) is 45.3 Å². The Hall–Kier alpha value is -3.53. The normalized spacial score (nSPS) is 16.3. The number of urea groups is 1. The summed E-state index contributed by atoms with van der Waals surface area (Å²) >= 11 is 0.